The van der Waals surface area contributed by atoms with Crippen LogP contribution in [0, 0.1) is 22.7 Å². The molecular weight excluding hydrogens is 703 g/mol. The lowest BCUT2D eigenvalue weighted by atomic mass is 10.1. The highest BCUT2D eigenvalue weighted by molar-refractivity contribution is 5.83. The smallest absolute Gasteiger partial charge is 0.249 e. The van der Waals surface area contributed by atoms with E-state index in [0.717, 1.165) is 39.0 Å². The van der Waals surface area contributed by atoms with E-state index in [1.807, 2.05) is 101 Å². The largest absolute Gasteiger partial charge is 1.00 e. The molecule has 0 fully saturated rings. The summed E-state index contributed by atoms with van der Waals surface area (Å²) in [4.78, 5) is 4.41. The molecule has 0 spiro atoms. The standard InChI is InChI=1S/C21H16N3.C20H13N3.HI/c1-23-15-24(20-12-6-10-18(14-22)21(20)23)19-11-5-9-17(13-19)16-7-3-2-4-8-16;21-13-17-9-5-11-19-20(17)22-14-23(19)18-10-4-8-16(12-18)15-6-2-1-3-7-15;/h2-13,15H,1H3;1-12,14H;1H/q+1;;/p-1. The highest BCUT2D eigenvalue weighted by Crippen LogP contribution is 2.26. The van der Waals surface area contributed by atoms with Gasteiger partial charge in [0, 0.05) is 5.69 Å². The maximum absolute atomic E-state index is 9.36. The first kappa shape index (κ1) is 31.9. The van der Waals surface area contributed by atoms with E-state index < -0.39 is 0 Å². The fourth-order valence-corrected chi connectivity index (χ4v) is 5.95. The van der Waals surface area contributed by atoms with Gasteiger partial charge in [-0.3, -0.25) is 4.57 Å². The second-order valence-electron chi connectivity index (χ2n) is 11.1. The van der Waals surface area contributed by atoms with E-state index in [0.29, 0.717) is 11.1 Å². The van der Waals surface area contributed by atoms with E-state index in [9.17, 15) is 10.5 Å². The molecule has 0 amide bonds. The number of hydrogen-bond donors (Lipinski definition) is 0. The molecule has 230 valence electrons. The van der Waals surface area contributed by atoms with Gasteiger partial charge < -0.3 is 24.0 Å². The number of hydrogen-bond acceptors (Lipinski definition) is 3. The van der Waals surface area contributed by atoms with Gasteiger partial charge in [0.05, 0.1) is 18.1 Å². The average Bonchev–Trinajstić information content (AvgIpc) is 3.74. The molecule has 0 aliphatic heterocycles. The van der Waals surface area contributed by atoms with Crippen molar-refractivity contribution in [2.75, 3.05) is 0 Å². The summed E-state index contributed by atoms with van der Waals surface area (Å²) in [5.74, 6) is 0. The highest BCUT2D eigenvalue weighted by atomic mass is 127. The van der Waals surface area contributed by atoms with Gasteiger partial charge in [0.25, 0.3) is 0 Å². The van der Waals surface area contributed by atoms with Crippen LogP contribution in [0.2, 0.25) is 0 Å². The molecule has 8 rings (SSSR count). The minimum Gasteiger partial charge on any atom is -1.00 e. The molecule has 0 bridgehead atoms. The van der Waals surface area contributed by atoms with Crippen molar-refractivity contribution >= 4 is 22.1 Å². The fourth-order valence-electron chi connectivity index (χ4n) is 5.95. The molecule has 0 radical (unpaired) electrons. The third kappa shape index (κ3) is 6.20. The van der Waals surface area contributed by atoms with Crippen LogP contribution in [0.5, 0.6) is 0 Å². The molecule has 0 atom stereocenters. The molecule has 0 unspecified atom stereocenters. The van der Waals surface area contributed by atoms with Crippen LogP contribution in [-0.4, -0.2) is 14.1 Å². The molecule has 48 heavy (non-hydrogen) atoms. The van der Waals surface area contributed by atoms with Crippen molar-refractivity contribution in [1.82, 2.24) is 14.1 Å². The van der Waals surface area contributed by atoms with Gasteiger partial charge in [-0.2, -0.15) is 15.1 Å². The number of rotatable bonds is 4. The molecule has 7 heteroatoms. The zero-order valence-corrected chi connectivity index (χ0v) is 28.2. The van der Waals surface area contributed by atoms with E-state index in [1.54, 1.807) is 12.4 Å². The molecule has 6 nitrogen and oxygen atoms in total. The molecule has 6 aromatic carbocycles. The van der Waals surface area contributed by atoms with Gasteiger partial charge in [0.2, 0.25) is 6.33 Å². The van der Waals surface area contributed by atoms with Crippen LogP contribution in [0.4, 0.5) is 0 Å². The third-order valence-corrected chi connectivity index (χ3v) is 8.20. The van der Waals surface area contributed by atoms with Crippen LogP contribution in [0.15, 0.2) is 158 Å². The van der Waals surface area contributed by atoms with Crippen LogP contribution >= 0.6 is 0 Å². The SMILES string of the molecule is C[n+]1cn(-c2cccc(-c3ccccc3)c2)c2cccc(C#N)c21.N#Cc1cccc2c1ncn2-c1cccc(-c2ccccc2)c1.[I-]. The van der Waals surface area contributed by atoms with Gasteiger partial charge in [-0.15, -0.1) is 0 Å². The summed E-state index contributed by atoms with van der Waals surface area (Å²) >= 11 is 0. The maximum Gasteiger partial charge on any atom is 0.249 e. The van der Waals surface area contributed by atoms with Crippen molar-refractivity contribution in [3.8, 4) is 45.8 Å². The topological polar surface area (TPSA) is 74.2 Å². The Balaban J connectivity index is 0.000000164. The van der Waals surface area contributed by atoms with E-state index in [2.05, 4.69) is 82.4 Å². The Morgan fingerprint density at radius 3 is 1.62 bits per heavy atom. The van der Waals surface area contributed by atoms with Crippen molar-refractivity contribution in [1.29, 1.82) is 10.5 Å². The van der Waals surface area contributed by atoms with E-state index >= 15 is 0 Å². The summed E-state index contributed by atoms with van der Waals surface area (Å²) in [6, 6.07) is 53.4. The van der Waals surface area contributed by atoms with E-state index in [-0.39, 0.29) is 24.0 Å². The number of para-hydroxylation sites is 2. The van der Waals surface area contributed by atoms with Gasteiger partial charge in [0.15, 0.2) is 11.0 Å². The Labute approximate surface area is 296 Å². The monoisotopic (exact) mass is 732 g/mol. The Kier molecular flexibility index (Phi) is 9.43. The molecule has 0 saturated heterocycles. The summed E-state index contributed by atoms with van der Waals surface area (Å²) in [5.41, 5.74) is 11.8. The molecule has 0 N–H and O–H groups in total. The zero-order chi connectivity index (χ0) is 32.2. The summed E-state index contributed by atoms with van der Waals surface area (Å²) in [5, 5.41) is 18.6. The summed E-state index contributed by atoms with van der Waals surface area (Å²) in [7, 11) is 1.97. The zero-order valence-electron chi connectivity index (χ0n) is 26.1. The average molecular weight is 733 g/mol. The van der Waals surface area contributed by atoms with Gasteiger partial charge in [-0.1, -0.05) is 97.1 Å². The number of benzene rings is 6. The minimum absolute atomic E-state index is 0. The van der Waals surface area contributed by atoms with Crippen LogP contribution in [-0.2, 0) is 7.05 Å². The van der Waals surface area contributed by atoms with Crippen molar-refractivity contribution in [2.24, 2.45) is 7.05 Å². The minimum atomic E-state index is 0. The van der Waals surface area contributed by atoms with Gasteiger partial charge in [-0.25, -0.2) is 9.55 Å². The van der Waals surface area contributed by atoms with Crippen molar-refractivity contribution in [2.45, 2.75) is 0 Å². The Morgan fingerprint density at radius 1 is 0.542 bits per heavy atom. The molecule has 8 aromatic rings. The normalized spacial score (nSPS) is 10.4. The first-order valence-corrected chi connectivity index (χ1v) is 15.2. The molecule has 0 aliphatic carbocycles. The number of nitrogens with zero attached hydrogens (tertiary/aromatic N) is 6. The number of halogens is 1. The predicted octanol–water partition coefficient (Wildman–Crippen LogP) is 5.56. The molecular formula is C41H29IN6. The fraction of sp³-hybridized carbons (Fsp3) is 0.0244. The van der Waals surface area contributed by atoms with Gasteiger partial charge in [0.1, 0.15) is 35.2 Å². The lowest BCUT2D eigenvalue weighted by Crippen LogP contribution is -3.00. The van der Waals surface area contributed by atoms with Crippen LogP contribution < -0.4 is 28.5 Å². The van der Waals surface area contributed by atoms with Crippen molar-refractivity contribution < 1.29 is 28.5 Å². The molecule has 2 aromatic heterocycles. The maximum atomic E-state index is 9.36. The second kappa shape index (κ2) is 14.2. The number of nitriles is 2. The second-order valence-corrected chi connectivity index (χ2v) is 11.1. The molecule has 0 aliphatic rings. The van der Waals surface area contributed by atoms with E-state index in [1.165, 1.54) is 16.7 Å². The number of aryl methyl sites for hydroxylation is 1. The van der Waals surface area contributed by atoms with Crippen LogP contribution in [0.25, 0.3) is 55.7 Å². The van der Waals surface area contributed by atoms with E-state index in [4.69, 9.17) is 0 Å². The molecule has 0 saturated carbocycles. The molecule has 2 heterocycles. The Bertz CT molecular complexity index is 2450. The summed E-state index contributed by atoms with van der Waals surface area (Å²) < 4.78 is 6.15. The lowest BCUT2D eigenvalue weighted by Gasteiger charge is -2.07. The van der Waals surface area contributed by atoms with Gasteiger partial charge in [-0.05, 0) is 70.8 Å². The van der Waals surface area contributed by atoms with Crippen molar-refractivity contribution in [3.63, 3.8) is 0 Å². The van der Waals surface area contributed by atoms with Crippen LogP contribution in [0.3, 0.4) is 0 Å². The number of aromatic nitrogens is 4. The number of fused-ring (bicyclic) bond motifs is 2. The summed E-state index contributed by atoms with van der Waals surface area (Å²) in [6.45, 7) is 0. The van der Waals surface area contributed by atoms with Crippen LogP contribution in [0.1, 0.15) is 11.1 Å². The highest BCUT2D eigenvalue weighted by Gasteiger charge is 2.18. The Morgan fingerprint density at radius 2 is 1.04 bits per heavy atom. The first-order chi connectivity index (χ1) is 23.1. The quantitative estimate of drug-likeness (QED) is 0.176. The number of imidazole rings is 2. The third-order valence-electron chi connectivity index (χ3n) is 8.20. The lowest BCUT2D eigenvalue weighted by molar-refractivity contribution is -0.645. The van der Waals surface area contributed by atoms with Crippen molar-refractivity contribution in [3.05, 3.63) is 169 Å². The Hall–Kier alpha value is -6.03. The predicted molar refractivity (Wildman–Crippen MR) is 186 cm³/mol. The van der Waals surface area contributed by atoms with Gasteiger partial charge >= 0.3 is 0 Å². The first-order valence-electron chi connectivity index (χ1n) is 15.2. The summed E-state index contributed by atoms with van der Waals surface area (Å²) in [6.07, 6.45) is 3.80.